The smallest absolute Gasteiger partial charge is 0.129 e. The lowest BCUT2D eigenvalue weighted by Gasteiger charge is -2.01. The van der Waals surface area contributed by atoms with Crippen LogP contribution in [0.5, 0.6) is 0 Å². The highest BCUT2D eigenvalue weighted by molar-refractivity contribution is 7.09. The minimum absolute atomic E-state index is 0.828. The van der Waals surface area contributed by atoms with Gasteiger partial charge in [0.2, 0.25) is 0 Å². The standard InChI is InChI=1S/C9H9N3S/c1-2-8(13-5-1)6-11-9-3-4-10-7-12-9/h1-5,7H,6H2,(H,10,11,12). The number of rotatable bonds is 3. The Kier molecular flexibility index (Phi) is 2.52. The Morgan fingerprint density at radius 3 is 3.08 bits per heavy atom. The van der Waals surface area contributed by atoms with Gasteiger partial charge >= 0.3 is 0 Å². The van der Waals surface area contributed by atoms with Crippen LogP contribution in [-0.2, 0) is 6.54 Å². The van der Waals surface area contributed by atoms with Crippen molar-refractivity contribution in [2.24, 2.45) is 0 Å². The van der Waals surface area contributed by atoms with Crippen molar-refractivity contribution in [2.45, 2.75) is 6.54 Å². The Morgan fingerprint density at radius 1 is 1.38 bits per heavy atom. The molecule has 0 unspecified atom stereocenters. The van der Waals surface area contributed by atoms with Gasteiger partial charge in [-0.2, -0.15) is 0 Å². The highest BCUT2D eigenvalue weighted by atomic mass is 32.1. The number of aromatic nitrogens is 2. The third kappa shape index (κ3) is 2.26. The van der Waals surface area contributed by atoms with Gasteiger partial charge in [-0.3, -0.25) is 0 Å². The van der Waals surface area contributed by atoms with Crippen molar-refractivity contribution in [3.8, 4) is 0 Å². The molecule has 0 saturated carbocycles. The van der Waals surface area contributed by atoms with Crippen LogP contribution in [0.4, 0.5) is 5.82 Å². The van der Waals surface area contributed by atoms with Crippen LogP contribution in [0.2, 0.25) is 0 Å². The van der Waals surface area contributed by atoms with Gasteiger partial charge in [-0.1, -0.05) is 6.07 Å². The normalized spacial score (nSPS) is 9.85. The maximum Gasteiger partial charge on any atom is 0.129 e. The number of anilines is 1. The summed E-state index contributed by atoms with van der Waals surface area (Å²) in [6.45, 7) is 0.828. The number of nitrogens with one attached hydrogen (secondary N) is 1. The molecule has 4 heteroatoms. The van der Waals surface area contributed by atoms with Crippen molar-refractivity contribution >= 4 is 17.2 Å². The molecule has 0 aliphatic heterocycles. The zero-order chi connectivity index (χ0) is 8.93. The Morgan fingerprint density at radius 2 is 2.38 bits per heavy atom. The van der Waals surface area contributed by atoms with Crippen LogP contribution in [0, 0.1) is 0 Å². The van der Waals surface area contributed by atoms with Gasteiger partial charge in [0.1, 0.15) is 12.1 Å². The fourth-order valence-electron chi connectivity index (χ4n) is 0.986. The van der Waals surface area contributed by atoms with Crippen molar-refractivity contribution in [2.75, 3.05) is 5.32 Å². The predicted molar refractivity (Wildman–Crippen MR) is 53.7 cm³/mol. The van der Waals surface area contributed by atoms with Crippen LogP contribution in [0.15, 0.2) is 36.1 Å². The van der Waals surface area contributed by atoms with Crippen molar-refractivity contribution in [1.82, 2.24) is 9.97 Å². The number of thiophene rings is 1. The van der Waals surface area contributed by atoms with Crippen molar-refractivity contribution in [3.05, 3.63) is 41.0 Å². The molecule has 3 nitrogen and oxygen atoms in total. The molecule has 13 heavy (non-hydrogen) atoms. The van der Waals surface area contributed by atoms with E-state index in [-0.39, 0.29) is 0 Å². The summed E-state index contributed by atoms with van der Waals surface area (Å²) >= 11 is 1.74. The average Bonchev–Trinajstić information content (AvgIpc) is 2.69. The summed E-state index contributed by atoms with van der Waals surface area (Å²) < 4.78 is 0. The first-order chi connectivity index (χ1) is 6.45. The first-order valence-corrected chi connectivity index (χ1v) is 4.85. The molecule has 2 aromatic rings. The summed E-state index contributed by atoms with van der Waals surface area (Å²) in [6, 6.07) is 5.99. The van der Waals surface area contributed by atoms with Gasteiger partial charge in [-0.15, -0.1) is 11.3 Å². The Labute approximate surface area is 80.5 Å². The summed E-state index contributed by atoms with van der Waals surface area (Å²) in [5.41, 5.74) is 0. The monoisotopic (exact) mass is 191 g/mol. The molecule has 0 aliphatic carbocycles. The molecule has 0 spiro atoms. The van der Waals surface area contributed by atoms with Crippen LogP contribution in [0.3, 0.4) is 0 Å². The second-order valence-electron chi connectivity index (χ2n) is 2.53. The number of hydrogen-bond acceptors (Lipinski definition) is 4. The van der Waals surface area contributed by atoms with E-state index in [2.05, 4.69) is 26.7 Å². The molecule has 1 N–H and O–H groups in total. The van der Waals surface area contributed by atoms with Crippen LogP contribution in [0.1, 0.15) is 4.88 Å². The molecule has 0 radical (unpaired) electrons. The summed E-state index contributed by atoms with van der Waals surface area (Å²) in [4.78, 5) is 9.21. The van der Waals surface area contributed by atoms with Gasteiger partial charge in [0.15, 0.2) is 0 Å². The molecule has 2 aromatic heterocycles. The van der Waals surface area contributed by atoms with E-state index in [4.69, 9.17) is 0 Å². The second-order valence-corrected chi connectivity index (χ2v) is 3.56. The molecule has 0 aromatic carbocycles. The fourth-order valence-corrected chi connectivity index (χ4v) is 1.63. The SMILES string of the molecule is c1csc(CNc2ccncn2)c1. The maximum atomic E-state index is 4.06. The molecular weight excluding hydrogens is 182 g/mol. The molecular formula is C9H9N3S. The molecule has 0 saturated heterocycles. The van der Waals surface area contributed by atoms with Gasteiger partial charge in [0, 0.05) is 11.1 Å². The third-order valence-electron chi connectivity index (χ3n) is 1.61. The average molecular weight is 191 g/mol. The lowest BCUT2D eigenvalue weighted by Crippen LogP contribution is -1.99. The first kappa shape index (κ1) is 8.19. The second kappa shape index (κ2) is 4.00. The third-order valence-corrected chi connectivity index (χ3v) is 2.48. The molecule has 66 valence electrons. The molecule has 0 amide bonds. The predicted octanol–water partition coefficient (Wildman–Crippen LogP) is 2.15. The number of hydrogen-bond donors (Lipinski definition) is 1. The fraction of sp³-hybridized carbons (Fsp3) is 0.111. The zero-order valence-corrected chi connectivity index (χ0v) is 7.79. The maximum absolute atomic E-state index is 4.06. The Hall–Kier alpha value is -1.42. The lowest BCUT2D eigenvalue weighted by atomic mass is 10.4. The Bertz CT molecular complexity index is 344. The van der Waals surface area contributed by atoms with Crippen molar-refractivity contribution in [1.29, 1.82) is 0 Å². The van der Waals surface area contributed by atoms with E-state index in [0.29, 0.717) is 0 Å². The first-order valence-electron chi connectivity index (χ1n) is 3.97. The quantitative estimate of drug-likeness (QED) is 0.807. The van der Waals surface area contributed by atoms with Crippen LogP contribution in [-0.4, -0.2) is 9.97 Å². The van der Waals surface area contributed by atoms with Crippen molar-refractivity contribution < 1.29 is 0 Å². The van der Waals surface area contributed by atoms with E-state index in [0.717, 1.165) is 12.4 Å². The molecule has 0 aliphatic rings. The van der Waals surface area contributed by atoms with Crippen LogP contribution < -0.4 is 5.32 Å². The van der Waals surface area contributed by atoms with Gasteiger partial charge in [-0.05, 0) is 17.5 Å². The summed E-state index contributed by atoms with van der Waals surface area (Å²) in [6.07, 6.45) is 3.26. The number of nitrogens with zero attached hydrogens (tertiary/aromatic N) is 2. The van der Waals surface area contributed by atoms with Gasteiger partial charge < -0.3 is 5.32 Å². The largest absolute Gasteiger partial charge is 0.365 e. The lowest BCUT2D eigenvalue weighted by molar-refractivity contribution is 1.10. The molecule has 0 fully saturated rings. The highest BCUT2D eigenvalue weighted by Crippen LogP contribution is 2.10. The van der Waals surface area contributed by atoms with Crippen molar-refractivity contribution in [3.63, 3.8) is 0 Å². The molecule has 0 bridgehead atoms. The van der Waals surface area contributed by atoms with Crippen LogP contribution >= 0.6 is 11.3 Å². The highest BCUT2D eigenvalue weighted by Gasteiger charge is 1.93. The van der Waals surface area contributed by atoms with E-state index in [1.165, 1.54) is 11.2 Å². The minimum Gasteiger partial charge on any atom is -0.365 e. The molecule has 2 heterocycles. The minimum atomic E-state index is 0.828. The van der Waals surface area contributed by atoms with Gasteiger partial charge in [-0.25, -0.2) is 9.97 Å². The van der Waals surface area contributed by atoms with Gasteiger partial charge in [0.05, 0.1) is 6.54 Å². The summed E-state index contributed by atoms with van der Waals surface area (Å²) in [7, 11) is 0. The van der Waals surface area contributed by atoms with E-state index in [9.17, 15) is 0 Å². The summed E-state index contributed by atoms with van der Waals surface area (Å²) in [5.74, 6) is 0.864. The Balaban J connectivity index is 1.94. The van der Waals surface area contributed by atoms with E-state index in [1.54, 1.807) is 17.5 Å². The van der Waals surface area contributed by atoms with Gasteiger partial charge in [0.25, 0.3) is 0 Å². The molecule has 0 atom stereocenters. The van der Waals surface area contributed by atoms with E-state index in [1.807, 2.05) is 12.1 Å². The molecule has 2 rings (SSSR count). The van der Waals surface area contributed by atoms with Crippen LogP contribution in [0.25, 0.3) is 0 Å². The summed E-state index contributed by atoms with van der Waals surface area (Å²) in [5, 5.41) is 5.27. The topological polar surface area (TPSA) is 37.8 Å². The van der Waals surface area contributed by atoms with E-state index < -0.39 is 0 Å². The zero-order valence-electron chi connectivity index (χ0n) is 6.97. The van der Waals surface area contributed by atoms with E-state index >= 15 is 0 Å².